The molecule has 1 heteroatoms. The molecule has 0 amide bonds. The molecule has 0 unspecified atom stereocenters. The Morgan fingerprint density at radius 1 is 0.947 bits per heavy atom. The minimum Gasteiger partial charge on any atom is -0.289 e. The SMILES string of the molecule is O=C1c2ccccc2C=c2cc3c(cc21)=CC=CC3. The van der Waals surface area contributed by atoms with Crippen molar-refractivity contribution in [1.82, 2.24) is 0 Å². The van der Waals surface area contributed by atoms with E-state index in [2.05, 4.69) is 30.4 Å². The molecule has 4 rings (SSSR count). The number of benzene rings is 2. The van der Waals surface area contributed by atoms with E-state index >= 15 is 0 Å². The first kappa shape index (κ1) is 10.5. The Morgan fingerprint density at radius 2 is 1.84 bits per heavy atom. The number of ketones is 1. The Morgan fingerprint density at radius 3 is 2.79 bits per heavy atom. The Hall–Kier alpha value is -2.41. The van der Waals surface area contributed by atoms with Gasteiger partial charge in [0, 0.05) is 11.1 Å². The van der Waals surface area contributed by atoms with Crippen LogP contribution >= 0.6 is 0 Å². The summed E-state index contributed by atoms with van der Waals surface area (Å²) in [7, 11) is 0. The van der Waals surface area contributed by atoms with Crippen molar-refractivity contribution in [2.24, 2.45) is 0 Å². The molecule has 0 saturated carbocycles. The molecule has 0 bridgehead atoms. The summed E-state index contributed by atoms with van der Waals surface area (Å²) >= 11 is 0. The number of carbonyl (C=O) groups is 1. The average Bonchev–Trinajstić information content (AvgIpc) is 2.46. The zero-order valence-corrected chi connectivity index (χ0v) is 10.4. The van der Waals surface area contributed by atoms with E-state index < -0.39 is 0 Å². The van der Waals surface area contributed by atoms with Crippen molar-refractivity contribution >= 4 is 17.9 Å². The van der Waals surface area contributed by atoms with Crippen molar-refractivity contribution in [3.05, 3.63) is 81.2 Å². The highest BCUT2D eigenvalue weighted by Crippen LogP contribution is 2.17. The molecule has 0 aliphatic heterocycles. The van der Waals surface area contributed by atoms with Gasteiger partial charge in [-0.2, -0.15) is 0 Å². The van der Waals surface area contributed by atoms with Crippen LogP contribution in [0.5, 0.6) is 0 Å². The molecule has 90 valence electrons. The van der Waals surface area contributed by atoms with Crippen LogP contribution < -0.4 is 10.4 Å². The molecule has 1 nitrogen and oxygen atoms in total. The van der Waals surface area contributed by atoms with Crippen LogP contribution in [0.25, 0.3) is 12.2 Å². The van der Waals surface area contributed by atoms with Gasteiger partial charge in [-0.05, 0) is 40.1 Å². The van der Waals surface area contributed by atoms with Gasteiger partial charge in [0.1, 0.15) is 0 Å². The van der Waals surface area contributed by atoms with Crippen LogP contribution in [-0.2, 0) is 6.42 Å². The summed E-state index contributed by atoms with van der Waals surface area (Å²) in [5.41, 5.74) is 3.95. The van der Waals surface area contributed by atoms with Crippen molar-refractivity contribution < 1.29 is 4.79 Å². The highest BCUT2D eigenvalue weighted by atomic mass is 16.1. The van der Waals surface area contributed by atoms with Crippen LogP contribution in [0.15, 0.2) is 48.6 Å². The molecule has 0 aromatic heterocycles. The van der Waals surface area contributed by atoms with Gasteiger partial charge in [-0.15, -0.1) is 0 Å². The van der Waals surface area contributed by atoms with Crippen molar-refractivity contribution in [1.29, 1.82) is 0 Å². The van der Waals surface area contributed by atoms with Gasteiger partial charge in [-0.3, -0.25) is 4.79 Å². The molecule has 0 spiro atoms. The molecule has 2 aromatic carbocycles. The molecule has 0 atom stereocenters. The molecule has 0 N–H and O–H groups in total. The lowest BCUT2D eigenvalue weighted by molar-refractivity contribution is 0.103. The highest BCUT2D eigenvalue weighted by Gasteiger charge is 2.18. The Kier molecular flexibility index (Phi) is 2.10. The van der Waals surface area contributed by atoms with Crippen molar-refractivity contribution in [3.63, 3.8) is 0 Å². The summed E-state index contributed by atoms with van der Waals surface area (Å²) in [6, 6.07) is 12.0. The maximum absolute atomic E-state index is 12.5. The summed E-state index contributed by atoms with van der Waals surface area (Å²) in [6.45, 7) is 0. The monoisotopic (exact) mass is 244 g/mol. The summed E-state index contributed by atoms with van der Waals surface area (Å²) in [5, 5.41) is 2.22. The van der Waals surface area contributed by atoms with Gasteiger partial charge in [0.05, 0.1) is 0 Å². The maximum Gasteiger partial charge on any atom is 0.194 e. The van der Waals surface area contributed by atoms with E-state index in [0.29, 0.717) is 0 Å². The van der Waals surface area contributed by atoms with Crippen LogP contribution in [0.3, 0.4) is 0 Å². The number of hydrogen-bond donors (Lipinski definition) is 0. The van der Waals surface area contributed by atoms with Gasteiger partial charge < -0.3 is 0 Å². The summed E-state index contributed by atoms with van der Waals surface area (Å²) in [5.74, 6) is 0.138. The maximum atomic E-state index is 12.5. The number of carbonyl (C=O) groups excluding carboxylic acids is 1. The van der Waals surface area contributed by atoms with Gasteiger partial charge in [-0.25, -0.2) is 0 Å². The summed E-state index contributed by atoms with van der Waals surface area (Å²) in [4.78, 5) is 12.5. The van der Waals surface area contributed by atoms with E-state index in [0.717, 1.165) is 28.3 Å². The molecule has 0 heterocycles. The van der Waals surface area contributed by atoms with Gasteiger partial charge in [0.2, 0.25) is 0 Å². The number of fused-ring (bicyclic) bond motifs is 3. The number of hydrogen-bond acceptors (Lipinski definition) is 1. The lowest BCUT2D eigenvalue weighted by Gasteiger charge is -2.14. The fraction of sp³-hybridized carbons (Fsp3) is 0.0556. The third kappa shape index (κ3) is 1.52. The standard InChI is InChI=1S/C18H12O/c19-18-16-8-4-3-7-14(16)10-15-9-12-5-1-2-6-13(12)11-17(15)18/h1-4,6-11H,5H2. The number of rotatable bonds is 0. The molecule has 2 aliphatic carbocycles. The van der Waals surface area contributed by atoms with E-state index in [-0.39, 0.29) is 5.78 Å². The predicted molar refractivity (Wildman–Crippen MR) is 76.4 cm³/mol. The van der Waals surface area contributed by atoms with Crippen molar-refractivity contribution in [2.75, 3.05) is 0 Å². The highest BCUT2D eigenvalue weighted by molar-refractivity contribution is 6.13. The van der Waals surface area contributed by atoms with Crippen LogP contribution in [-0.4, -0.2) is 5.78 Å². The van der Waals surface area contributed by atoms with Gasteiger partial charge in [0.25, 0.3) is 0 Å². The lowest BCUT2D eigenvalue weighted by atomic mass is 9.88. The lowest BCUT2D eigenvalue weighted by Crippen LogP contribution is -2.27. The Balaban J connectivity index is 2.09. The second-order valence-corrected chi connectivity index (χ2v) is 5.00. The van der Waals surface area contributed by atoms with Crippen LogP contribution in [0, 0.1) is 0 Å². The fourth-order valence-electron chi connectivity index (χ4n) is 2.84. The second-order valence-electron chi connectivity index (χ2n) is 5.00. The van der Waals surface area contributed by atoms with Crippen LogP contribution in [0.2, 0.25) is 0 Å². The van der Waals surface area contributed by atoms with Crippen molar-refractivity contribution in [2.45, 2.75) is 6.42 Å². The third-order valence-electron chi connectivity index (χ3n) is 3.82. The molecule has 0 saturated heterocycles. The minimum absolute atomic E-state index is 0.138. The molecular formula is C18H12O. The molecule has 0 radical (unpaired) electrons. The first-order chi connectivity index (χ1) is 9.33. The van der Waals surface area contributed by atoms with E-state index in [1.807, 2.05) is 30.3 Å². The molecule has 2 aromatic rings. The Bertz CT molecular complexity index is 854. The predicted octanol–water partition coefficient (Wildman–Crippen LogP) is 1.95. The first-order valence-electron chi connectivity index (χ1n) is 6.48. The molecule has 2 aliphatic rings. The summed E-state index contributed by atoms with van der Waals surface area (Å²) < 4.78 is 0. The second kappa shape index (κ2) is 3.79. The zero-order valence-electron chi connectivity index (χ0n) is 10.4. The number of allylic oxidation sites excluding steroid dienone is 2. The van der Waals surface area contributed by atoms with E-state index in [1.54, 1.807) is 0 Å². The van der Waals surface area contributed by atoms with E-state index in [9.17, 15) is 4.79 Å². The topological polar surface area (TPSA) is 17.1 Å². The summed E-state index contributed by atoms with van der Waals surface area (Å²) in [6.07, 6.45) is 9.34. The first-order valence-corrected chi connectivity index (χ1v) is 6.48. The van der Waals surface area contributed by atoms with Gasteiger partial charge >= 0.3 is 0 Å². The molecule has 0 fully saturated rings. The van der Waals surface area contributed by atoms with E-state index in [4.69, 9.17) is 0 Å². The normalized spacial score (nSPS) is 14.8. The van der Waals surface area contributed by atoms with Crippen LogP contribution in [0.1, 0.15) is 27.0 Å². The quantitative estimate of drug-likeness (QED) is 0.591. The third-order valence-corrected chi connectivity index (χ3v) is 3.82. The molecule has 19 heavy (non-hydrogen) atoms. The van der Waals surface area contributed by atoms with E-state index in [1.165, 1.54) is 10.8 Å². The smallest absolute Gasteiger partial charge is 0.194 e. The van der Waals surface area contributed by atoms with Gasteiger partial charge in [-0.1, -0.05) is 48.6 Å². The minimum atomic E-state index is 0.138. The average molecular weight is 244 g/mol. The van der Waals surface area contributed by atoms with Crippen molar-refractivity contribution in [3.8, 4) is 0 Å². The Labute approximate surface area is 111 Å². The van der Waals surface area contributed by atoms with Gasteiger partial charge in [0.15, 0.2) is 5.78 Å². The zero-order chi connectivity index (χ0) is 12.8. The van der Waals surface area contributed by atoms with Crippen LogP contribution in [0.4, 0.5) is 0 Å². The molecular weight excluding hydrogens is 232 g/mol. The fourth-order valence-corrected chi connectivity index (χ4v) is 2.84. The largest absolute Gasteiger partial charge is 0.289 e.